The number of carbonyl (C=O) groups excluding carboxylic acids is 1. The van der Waals surface area contributed by atoms with Gasteiger partial charge in [-0.05, 0) is 15.4 Å². The van der Waals surface area contributed by atoms with Crippen LogP contribution in [0.2, 0.25) is 5.04 Å². The molecule has 8 heteroatoms. The summed E-state index contributed by atoms with van der Waals surface area (Å²) >= 11 is -1.54. The van der Waals surface area contributed by atoms with E-state index in [9.17, 15) is 9.35 Å². The fraction of sp³-hybridized carbons (Fsp3) is 0.333. The van der Waals surface area contributed by atoms with Gasteiger partial charge in [-0.3, -0.25) is 4.79 Å². The van der Waals surface area contributed by atoms with Gasteiger partial charge in [0.15, 0.2) is 17.3 Å². The number of aromatic nitrogens is 2. The van der Waals surface area contributed by atoms with Crippen molar-refractivity contribution in [3.05, 3.63) is 78.4 Å². The maximum Gasteiger partial charge on any atom is 0.261 e. The van der Waals surface area contributed by atoms with Crippen LogP contribution in [0.3, 0.4) is 0 Å². The molecule has 3 aromatic rings. The second kappa shape index (κ2) is 9.72. The first-order valence-corrected chi connectivity index (χ1v) is 13.5. The van der Waals surface area contributed by atoms with Crippen LogP contribution in [-0.4, -0.2) is 46.0 Å². The van der Waals surface area contributed by atoms with E-state index in [2.05, 4.69) is 50.0 Å². The number of ketones is 1. The summed E-state index contributed by atoms with van der Waals surface area (Å²) in [4.78, 5) is 16.6. The van der Waals surface area contributed by atoms with E-state index in [-0.39, 0.29) is 23.3 Å². The number of hydrogen-bond donors (Lipinski definition) is 0. The summed E-state index contributed by atoms with van der Waals surface area (Å²) in [6, 6.07) is 20.7. The van der Waals surface area contributed by atoms with Gasteiger partial charge < -0.3 is 8.98 Å². The summed E-state index contributed by atoms with van der Waals surface area (Å²) in [6.45, 7) is 8.27. The van der Waals surface area contributed by atoms with Crippen molar-refractivity contribution in [3.8, 4) is 0 Å². The zero-order valence-corrected chi connectivity index (χ0v) is 21.3. The predicted molar refractivity (Wildman–Crippen MR) is 132 cm³/mol. The quantitative estimate of drug-likeness (QED) is 0.288. The summed E-state index contributed by atoms with van der Waals surface area (Å²) in [6.07, 6.45) is 1.66. The number of imidazole rings is 1. The highest BCUT2D eigenvalue weighted by molar-refractivity contribution is 7.87. The Kier molecular flexibility index (Phi) is 7.42. The van der Waals surface area contributed by atoms with Gasteiger partial charge >= 0.3 is 0 Å². The molecule has 1 aromatic heterocycles. The van der Waals surface area contributed by atoms with Crippen LogP contribution >= 0.6 is 0 Å². The average Bonchev–Trinajstić information content (AvgIpc) is 3.19. The molecule has 0 aliphatic carbocycles. The van der Waals surface area contributed by atoms with Crippen LogP contribution < -0.4 is 10.4 Å². The molecule has 1 unspecified atom stereocenters. The van der Waals surface area contributed by atoms with Crippen LogP contribution in [0.25, 0.3) is 0 Å². The van der Waals surface area contributed by atoms with Crippen molar-refractivity contribution in [2.45, 2.75) is 39.3 Å². The lowest BCUT2D eigenvalue weighted by Gasteiger charge is -2.42. The molecular formula is C24H31N3O3SSi. The molecule has 0 spiro atoms. The maximum atomic E-state index is 12.7. The smallest absolute Gasteiger partial charge is 0.261 e. The van der Waals surface area contributed by atoms with Crippen molar-refractivity contribution in [1.82, 2.24) is 13.3 Å². The molecule has 6 nitrogen and oxygen atoms in total. The first kappa shape index (κ1) is 24.4. The van der Waals surface area contributed by atoms with E-state index in [1.165, 1.54) is 25.6 Å². The molecule has 0 aliphatic heterocycles. The first-order chi connectivity index (χ1) is 15.1. The molecule has 0 bridgehead atoms. The van der Waals surface area contributed by atoms with Gasteiger partial charge in [0.25, 0.3) is 8.32 Å². The number of Topliss-reactive ketones (excluding diaryl/α,β-unsaturated/α-hetero) is 1. The lowest BCUT2D eigenvalue weighted by molar-refractivity contribution is 0.100. The third-order valence-electron chi connectivity index (χ3n) is 5.37. The van der Waals surface area contributed by atoms with E-state index in [4.69, 9.17) is 4.43 Å². The normalized spacial score (nSPS) is 13.4. The Balaban J connectivity index is 2.08. The van der Waals surface area contributed by atoms with Crippen molar-refractivity contribution in [2.75, 3.05) is 14.1 Å². The third-order valence-corrected chi connectivity index (χ3v) is 11.6. The van der Waals surface area contributed by atoms with Gasteiger partial charge in [-0.1, -0.05) is 81.4 Å². The third kappa shape index (κ3) is 4.74. The lowest BCUT2D eigenvalue weighted by Crippen LogP contribution is -2.66. The van der Waals surface area contributed by atoms with E-state index in [1.54, 1.807) is 20.3 Å². The van der Waals surface area contributed by atoms with Crippen molar-refractivity contribution in [1.29, 1.82) is 0 Å². The fourth-order valence-corrected chi connectivity index (χ4v) is 9.35. The number of nitrogens with zero attached hydrogens (tertiary/aromatic N) is 3. The van der Waals surface area contributed by atoms with Crippen LogP contribution in [0.5, 0.6) is 0 Å². The molecule has 0 saturated carbocycles. The summed E-state index contributed by atoms with van der Waals surface area (Å²) in [7, 11) is 0.649. The van der Waals surface area contributed by atoms with Gasteiger partial charge in [0.2, 0.25) is 5.82 Å². The van der Waals surface area contributed by atoms with Crippen LogP contribution in [0.15, 0.2) is 66.9 Å². The number of rotatable bonds is 8. The topological polar surface area (TPSA) is 70.4 Å². The van der Waals surface area contributed by atoms with Gasteiger partial charge in [-0.2, -0.15) is 0 Å². The standard InChI is InChI=1S/C24H31N3O3SSi/c1-19(28)23-25-20(17-27(23)31(29)26(5)6)18-30-32(24(2,3)4,21-13-9-7-10-14-21)22-15-11-8-12-16-22/h7-17H,18H2,1-6H3. The molecule has 0 N–H and O–H groups in total. The van der Waals surface area contributed by atoms with Crippen LogP contribution in [0.4, 0.5) is 0 Å². The highest BCUT2D eigenvalue weighted by atomic mass is 32.2. The summed E-state index contributed by atoms with van der Waals surface area (Å²) in [5, 5.41) is 2.16. The van der Waals surface area contributed by atoms with Crippen molar-refractivity contribution in [3.63, 3.8) is 0 Å². The number of benzene rings is 2. The minimum atomic E-state index is -2.74. The monoisotopic (exact) mass is 469 g/mol. The zero-order valence-electron chi connectivity index (χ0n) is 19.5. The van der Waals surface area contributed by atoms with Crippen LogP contribution in [0.1, 0.15) is 44.0 Å². The van der Waals surface area contributed by atoms with E-state index >= 15 is 0 Å². The van der Waals surface area contributed by atoms with Crippen LogP contribution in [-0.2, 0) is 22.6 Å². The van der Waals surface area contributed by atoms with Gasteiger partial charge in [-0.15, -0.1) is 8.28 Å². The molecule has 0 radical (unpaired) electrons. The molecule has 1 atom stereocenters. The molecule has 170 valence electrons. The van der Waals surface area contributed by atoms with E-state index in [0.717, 1.165) is 0 Å². The molecule has 0 saturated heterocycles. The summed E-state index contributed by atoms with van der Waals surface area (Å²) < 4.78 is 22.5. The van der Waals surface area contributed by atoms with Gasteiger partial charge in [0.05, 0.1) is 18.5 Å². The Labute approximate surface area is 194 Å². The largest absolute Gasteiger partial charge is 0.573 e. The molecule has 0 aliphatic rings. The van der Waals surface area contributed by atoms with Crippen molar-refractivity contribution >= 4 is 36.0 Å². The van der Waals surface area contributed by atoms with Gasteiger partial charge in [0.1, 0.15) is 0 Å². The minimum absolute atomic E-state index is 0.165. The zero-order chi connectivity index (χ0) is 23.5. The first-order valence-electron chi connectivity index (χ1n) is 10.5. The summed E-state index contributed by atoms with van der Waals surface area (Å²) in [5.74, 6) is -0.0741. The maximum absolute atomic E-state index is 12.7. The molecule has 0 amide bonds. The van der Waals surface area contributed by atoms with E-state index < -0.39 is 19.9 Å². The highest BCUT2D eigenvalue weighted by Crippen LogP contribution is 2.37. The van der Waals surface area contributed by atoms with Crippen molar-refractivity contribution in [2.24, 2.45) is 0 Å². The Morgan fingerprint density at radius 1 is 1.06 bits per heavy atom. The SMILES string of the molecule is CC(=O)c1nc(CO[Si](c2ccccc2)(c2ccccc2)C(C)(C)C)cn1[S+]([O-])N(C)C. The minimum Gasteiger partial charge on any atom is -0.573 e. The lowest BCUT2D eigenvalue weighted by atomic mass is 10.2. The van der Waals surface area contributed by atoms with Crippen LogP contribution in [0, 0.1) is 0 Å². The second-order valence-electron chi connectivity index (χ2n) is 8.93. The Morgan fingerprint density at radius 3 is 1.97 bits per heavy atom. The Morgan fingerprint density at radius 2 is 1.56 bits per heavy atom. The second-order valence-corrected chi connectivity index (χ2v) is 14.8. The molecular weight excluding hydrogens is 438 g/mol. The van der Waals surface area contributed by atoms with Gasteiger partial charge in [0, 0.05) is 21.0 Å². The predicted octanol–water partition coefficient (Wildman–Crippen LogP) is 3.15. The molecule has 32 heavy (non-hydrogen) atoms. The average molecular weight is 470 g/mol. The number of hydrogen-bond acceptors (Lipinski definition) is 5. The van der Waals surface area contributed by atoms with E-state index in [0.29, 0.717) is 5.69 Å². The van der Waals surface area contributed by atoms with Gasteiger partial charge in [-0.25, -0.2) is 4.98 Å². The van der Waals surface area contributed by atoms with Crippen molar-refractivity contribution < 1.29 is 13.8 Å². The Hall–Kier alpha value is -2.23. The Bertz CT molecular complexity index is 1010. The molecule has 3 rings (SSSR count). The summed E-state index contributed by atoms with van der Waals surface area (Å²) in [5.41, 5.74) is 0.582. The molecule has 0 fully saturated rings. The highest BCUT2D eigenvalue weighted by Gasteiger charge is 2.50. The molecule has 1 heterocycles. The fourth-order valence-electron chi connectivity index (χ4n) is 3.95. The number of carbonyl (C=O) groups is 1. The van der Waals surface area contributed by atoms with E-state index in [1.807, 2.05) is 36.4 Å². The molecule has 2 aromatic carbocycles.